The van der Waals surface area contributed by atoms with Gasteiger partial charge < -0.3 is 14.8 Å². The summed E-state index contributed by atoms with van der Waals surface area (Å²) in [6, 6.07) is 0. The molecule has 5 unspecified atom stereocenters. The minimum atomic E-state index is -3.81. The largest absolute Gasteiger partial charge is 0.456 e. The third kappa shape index (κ3) is 2.16. The van der Waals surface area contributed by atoms with Gasteiger partial charge in [0.2, 0.25) is 5.91 Å². The van der Waals surface area contributed by atoms with Crippen LogP contribution in [0.25, 0.3) is 0 Å². The number of amides is 1. The third-order valence-electron chi connectivity index (χ3n) is 4.04. The SMILES string of the molecule is C=CC(=O)NCC(=O)OC1C2C3OC1(C)CC3OS2(=O)=O. The van der Waals surface area contributed by atoms with Crippen molar-refractivity contribution in [1.29, 1.82) is 0 Å². The molecule has 3 rings (SSSR count). The first-order valence-corrected chi connectivity index (χ1v) is 7.94. The van der Waals surface area contributed by atoms with Crippen LogP contribution in [0.15, 0.2) is 12.7 Å². The van der Waals surface area contributed by atoms with Crippen LogP contribution >= 0.6 is 0 Å². The Kier molecular flexibility index (Phi) is 3.12. The smallest absolute Gasteiger partial charge is 0.325 e. The lowest BCUT2D eigenvalue weighted by molar-refractivity contribution is -0.156. The van der Waals surface area contributed by atoms with E-state index in [0.29, 0.717) is 6.42 Å². The highest BCUT2D eigenvalue weighted by molar-refractivity contribution is 7.87. The molecule has 0 saturated carbocycles. The van der Waals surface area contributed by atoms with E-state index >= 15 is 0 Å². The fourth-order valence-electron chi connectivity index (χ4n) is 3.18. The molecule has 3 fully saturated rings. The molecule has 5 atom stereocenters. The number of hydrogen-bond donors (Lipinski definition) is 1. The zero-order valence-corrected chi connectivity index (χ0v) is 12.1. The highest BCUT2D eigenvalue weighted by Gasteiger charge is 2.72. The van der Waals surface area contributed by atoms with Gasteiger partial charge in [0, 0.05) is 6.42 Å². The third-order valence-corrected chi connectivity index (χ3v) is 5.74. The number of hydrogen-bond acceptors (Lipinski definition) is 7. The molecule has 3 saturated heterocycles. The quantitative estimate of drug-likeness (QED) is 0.396. The van der Waals surface area contributed by atoms with Crippen molar-refractivity contribution in [3.05, 3.63) is 12.7 Å². The first kappa shape index (κ1) is 14.5. The van der Waals surface area contributed by atoms with E-state index in [-0.39, 0.29) is 6.54 Å². The van der Waals surface area contributed by atoms with Gasteiger partial charge in [-0.1, -0.05) is 6.58 Å². The summed E-state index contributed by atoms with van der Waals surface area (Å²) in [6.45, 7) is 4.59. The minimum Gasteiger partial charge on any atom is -0.456 e. The van der Waals surface area contributed by atoms with Crippen LogP contribution in [-0.4, -0.2) is 56.0 Å². The van der Waals surface area contributed by atoms with E-state index in [4.69, 9.17) is 13.7 Å². The Bertz CT molecular complexity index is 611. The zero-order chi connectivity index (χ0) is 15.4. The Morgan fingerprint density at radius 2 is 2.24 bits per heavy atom. The highest BCUT2D eigenvalue weighted by Crippen LogP contribution is 2.53. The van der Waals surface area contributed by atoms with Crippen molar-refractivity contribution in [3.63, 3.8) is 0 Å². The lowest BCUT2D eigenvalue weighted by Gasteiger charge is -2.29. The average molecular weight is 317 g/mol. The van der Waals surface area contributed by atoms with Crippen molar-refractivity contribution in [2.45, 2.75) is 42.5 Å². The van der Waals surface area contributed by atoms with Crippen molar-refractivity contribution in [1.82, 2.24) is 5.32 Å². The van der Waals surface area contributed by atoms with Gasteiger partial charge >= 0.3 is 5.97 Å². The lowest BCUT2D eigenvalue weighted by atomic mass is 9.85. The summed E-state index contributed by atoms with van der Waals surface area (Å²) in [6.07, 6.45) is -0.653. The number of rotatable bonds is 4. The van der Waals surface area contributed by atoms with Crippen LogP contribution in [0, 0.1) is 0 Å². The molecule has 3 aliphatic heterocycles. The Morgan fingerprint density at radius 3 is 2.90 bits per heavy atom. The summed E-state index contributed by atoms with van der Waals surface area (Å²) >= 11 is 0. The fraction of sp³-hybridized carbons (Fsp3) is 0.667. The Labute approximate surface area is 121 Å². The molecule has 1 amide bonds. The summed E-state index contributed by atoms with van der Waals surface area (Å²) in [5.74, 6) is -1.24. The van der Waals surface area contributed by atoms with E-state index in [2.05, 4.69) is 11.9 Å². The monoisotopic (exact) mass is 317 g/mol. The molecule has 2 bridgehead atoms. The van der Waals surface area contributed by atoms with Gasteiger partial charge in [0.15, 0.2) is 11.4 Å². The Hall–Kier alpha value is -1.45. The molecule has 0 aromatic rings. The molecule has 3 heterocycles. The van der Waals surface area contributed by atoms with Crippen LogP contribution in [0.4, 0.5) is 0 Å². The van der Waals surface area contributed by atoms with Crippen molar-refractivity contribution in [2.75, 3.05) is 6.54 Å². The molecular formula is C12H15NO7S. The summed E-state index contributed by atoms with van der Waals surface area (Å²) in [4.78, 5) is 22.8. The molecule has 0 aromatic heterocycles. The van der Waals surface area contributed by atoms with Crippen molar-refractivity contribution < 1.29 is 31.7 Å². The molecule has 116 valence electrons. The van der Waals surface area contributed by atoms with Crippen LogP contribution in [0.1, 0.15) is 13.3 Å². The number of nitrogens with one attached hydrogen (secondary N) is 1. The molecular weight excluding hydrogens is 302 g/mol. The van der Waals surface area contributed by atoms with E-state index in [1.165, 1.54) is 0 Å². The fourth-order valence-corrected chi connectivity index (χ4v) is 5.04. The van der Waals surface area contributed by atoms with Crippen molar-refractivity contribution in [3.8, 4) is 0 Å². The average Bonchev–Trinajstić information content (AvgIpc) is 2.91. The topological polar surface area (TPSA) is 108 Å². The van der Waals surface area contributed by atoms with Crippen LogP contribution < -0.4 is 5.32 Å². The van der Waals surface area contributed by atoms with Gasteiger partial charge in [0.05, 0.1) is 0 Å². The maximum atomic E-state index is 12.0. The maximum Gasteiger partial charge on any atom is 0.325 e. The van der Waals surface area contributed by atoms with Crippen LogP contribution in [0.5, 0.6) is 0 Å². The summed E-state index contributed by atoms with van der Waals surface area (Å²) in [5, 5.41) is 1.27. The number of esters is 1. The molecule has 0 aliphatic carbocycles. The van der Waals surface area contributed by atoms with E-state index in [1.807, 2.05) is 0 Å². The van der Waals surface area contributed by atoms with Crippen LogP contribution in [0.3, 0.4) is 0 Å². The van der Waals surface area contributed by atoms with Gasteiger partial charge in [0.1, 0.15) is 24.4 Å². The number of fused-ring (bicyclic) bond motifs is 1. The number of carbonyl (C=O) groups excluding carboxylic acids is 2. The molecule has 1 N–H and O–H groups in total. The van der Waals surface area contributed by atoms with Gasteiger partial charge in [-0.2, -0.15) is 8.42 Å². The van der Waals surface area contributed by atoms with E-state index in [9.17, 15) is 18.0 Å². The standard InChI is InChI=1S/C12H15NO7S/c1-3-7(14)13-5-8(15)18-11-10-9-6(20-21(10,16)17)4-12(11,2)19-9/h3,6,9-11H,1,4-5H2,2H3,(H,13,14). The van der Waals surface area contributed by atoms with Gasteiger partial charge in [0.25, 0.3) is 10.1 Å². The molecule has 9 heteroatoms. The predicted octanol–water partition coefficient (Wildman–Crippen LogP) is -1.14. The molecule has 0 aromatic carbocycles. The number of carbonyl (C=O) groups is 2. The molecule has 3 aliphatic rings. The van der Waals surface area contributed by atoms with Crippen molar-refractivity contribution in [2.24, 2.45) is 0 Å². The minimum absolute atomic E-state index is 0.352. The van der Waals surface area contributed by atoms with E-state index in [0.717, 1.165) is 6.08 Å². The summed E-state index contributed by atoms with van der Waals surface area (Å²) < 4.78 is 39.8. The number of ether oxygens (including phenoxy) is 2. The second kappa shape index (κ2) is 4.52. The molecule has 21 heavy (non-hydrogen) atoms. The predicted molar refractivity (Wildman–Crippen MR) is 68.6 cm³/mol. The molecule has 8 nitrogen and oxygen atoms in total. The van der Waals surface area contributed by atoms with Gasteiger partial charge in [-0.15, -0.1) is 0 Å². The molecule has 0 spiro atoms. The maximum absolute atomic E-state index is 12.0. The molecule has 0 radical (unpaired) electrons. The van der Waals surface area contributed by atoms with Crippen LogP contribution in [0.2, 0.25) is 0 Å². The second-order valence-corrected chi connectivity index (χ2v) is 7.25. The zero-order valence-electron chi connectivity index (χ0n) is 11.3. The van der Waals surface area contributed by atoms with Gasteiger partial charge in [-0.3, -0.25) is 13.8 Å². The second-order valence-electron chi connectivity index (χ2n) is 5.52. The Morgan fingerprint density at radius 1 is 1.52 bits per heavy atom. The normalized spacial score (nSPS) is 41.8. The van der Waals surface area contributed by atoms with Crippen molar-refractivity contribution >= 4 is 22.0 Å². The first-order valence-electron chi connectivity index (χ1n) is 6.46. The summed E-state index contributed by atoms with van der Waals surface area (Å²) in [5.41, 5.74) is -0.873. The van der Waals surface area contributed by atoms with Crippen LogP contribution in [-0.2, 0) is 33.4 Å². The lowest BCUT2D eigenvalue weighted by Crippen LogP contribution is -2.49. The van der Waals surface area contributed by atoms with Gasteiger partial charge in [-0.05, 0) is 13.0 Å². The van der Waals surface area contributed by atoms with Gasteiger partial charge in [-0.25, -0.2) is 0 Å². The Balaban J connectivity index is 1.72. The van der Waals surface area contributed by atoms with E-state index in [1.54, 1.807) is 6.92 Å². The summed E-state index contributed by atoms with van der Waals surface area (Å²) in [7, 11) is -3.81. The highest BCUT2D eigenvalue weighted by atomic mass is 32.2. The first-order chi connectivity index (χ1) is 9.77. The van der Waals surface area contributed by atoms with E-state index < -0.39 is 51.2 Å².